The molecule has 0 radical (unpaired) electrons. The second kappa shape index (κ2) is 6.69. The molecule has 100 valence electrons. The van der Waals surface area contributed by atoms with Gasteiger partial charge in [-0.15, -0.1) is 0 Å². The molecule has 17 heavy (non-hydrogen) atoms. The lowest BCUT2D eigenvalue weighted by molar-refractivity contribution is 0.0677. The minimum atomic E-state index is 0.294. The number of hydrogen-bond acceptors (Lipinski definition) is 4. The molecule has 2 unspecified atom stereocenters. The van der Waals surface area contributed by atoms with E-state index in [-0.39, 0.29) is 0 Å². The van der Waals surface area contributed by atoms with Crippen LogP contribution in [0.5, 0.6) is 0 Å². The van der Waals surface area contributed by atoms with Crippen LogP contribution in [-0.4, -0.2) is 73.5 Å². The monoisotopic (exact) mass is 242 g/mol. The molecule has 2 atom stereocenters. The van der Waals surface area contributed by atoms with E-state index < -0.39 is 0 Å². The number of nitrogens with zero attached hydrogens (tertiary/aromatic N) is 2. The van der Waals surface area contributed by atoms with Crippen molar-refractivity contribution in [1.82, 2.24) is 9.80 Å². The van der Waals surface area contributed by atoms with Gasteiger partial charge in [0.15, 0.2) is 0 Å². The van der Waals surface area contributed by atoms with Crippen LogP contribution in [0.2, 0.25) is 0 Å². The summed E-state index contributed by atoms with van der Waals surface area (Å²) in [6.45, 7) is 5.72. The number of hydrogen-bond donors (Lipinski definition) is 1. The molecule has 2 fully saturated rings. The number of likely N-dealkylation sites (N-methyl/N-ethyl adjacent to an activating group) is 1. The number of aliphatic hydroxyl groups excluding tert-OH is 1. The Labute approximate surface area is 105 Å². The molecule has 4 heteroatoms. The van der Waals surface area contributed by atoms with Crippen molar-refractivity contribution in [3.63, 3.8) is 0 Å². The Kier molecular flexibility index (Phi) is 5.22. The molecule has 0 aromatic heterocycles. The Morgan fingerprint density at radius 2 is 2.18 bits per heavy atom. The fraction of sp³-hybridized carbons (Fsp3) is 1.00. The van der Waals surface area contributed by atoms with E-state index >= 15 is 0 Å². The zero-order valence-electron chi connectivity index (χ0n) is 11.0. The molecule has 0 bridgehead atoms. The van der Waals surface area contributed by atoms with E-state index in [9.17, 15) is 0 Å². The van der Waals surface area contributed by atoms with Crippen molar-refractivity contribution in [2.24, 2.45) is 0 Å². The van der Waals surface area contributed by atoms with Gasteiger partial charge in [0.1, 0.15) is 0 Å². The minimum Gasteiger partial charge on any atom is -0.396 e. The van der Waals surface area contributed by atoms with E-state index in [0.717, 1.165) is 32.7 Å². The van der Waals surface area contributed by atoms with E-state index in [4.69, 9.17) is 9.84 Å². The van der Waals surface area contributed by atoms with Crippen LogP contribution in [0.4, 0.5) is 0 Å². The van der Waals surface area contributed by atoms with Crippen LogP contribution < -0.4 is 0 Å². The second-order valence-electron chi connectivity index (χ2n) is 5.39. The van der Waals surface area contributed by atoms with Gasteiger partial charge in [-0.3, -0.25) is 4.90 Å². The highest BCUT2D eigenvalue weighted by atomic mass is 16.5. The van der Waals surface area contributed by atoms with Gasteiger partial charge in [0.25, 0.3) is 0 Å². The number of ether oxygens (including phenoxy) is 1. The standard InChI is InChI=1S/C13H26N2O2/c1-14-6-3-7-15(10-12(14)5-8-16)11-13-4-2-9-17-13/h12-13,16H,2-11H2,1H3. The third kappa shape index (κ3) is 3.91. The van der Waals surface area contributed by atoms with E-state index in [1.165, 1.54) is 25.8 Å². The SMILES string of the molecule is CN1CCCN(CC2CCCO2)CC1CCO. The summed E-state index contributed by atoms with van der Waals surface area (Å²) < 4.78 is 5.71. The molecule has 0 aromatic carbocycles. The molecule has 2 aliphatic rings. The van der Waals surface area contributed by atoms with E-state index in [2.05, 4.69) is 16.8 Å². The van der Waals surface area contributed by atoms with Gasteiger partial charge in [0, 0.05) is 32.3 Å². The Morgan fingerprint density at radius 1 is 1.29 bits per heavy atom. The predicted molar refractivity (Wildman–Crippen MR) is 68.2 cm³/mol. The van der Waals surface area contributed by atoms with Crippen molar-refractivity contribution in [1.29, 1.82) is 0 Å². The molecular weight excluding hydrogens is 216 g/mol. The maximum Gasteiger partial charge on any atom is 0.0702 e. The van der Waals surface area contributed by atoms with Gasteiger partial charge in [0.05, 0.1) is 6.10 Å². The van der Waals surface area contributed by atoms with Crippen LogP contribution in [-0.2, 0) is 4.74 Å². The van der Waals surface area contributed by atoms with Crippen molar-refractivity contribution in [3.8, 4) is 0 Å². The van der Waals surface area contributed by atoms with Crippen molar-refractivity contribution in [2.75, 3.05) is 46.4 Å². The molecule has 2 rings (SSSR count). The molecule has 2 saturated heterocycles. The van der Waals surface area contributed by atoms with Crippen molar-refractivity contribution < 1.29 is 9.84 Å². The Bertz CT molecular complexity index is 219. The quantitative estimate of drug-likeness (QED) is 0.781. The highest BCUT2D eigenvalue weighted by Crippen LogP contribution is 2.16. The van der Waals surface area contributed by atoms with Gasteiger partial charge < -0.3 is 14.7 Å². The topological polar surface area (TPSA) is 35.9 Å². The molecule has 1 N–H and O–H groups in total. The average Bonchev–Trinajstić information content (AvgIpc) is 2.74. The van der Waals surface area contributed by atoms with Crippen LogP contribution in [0.3, 0.4) is 0 Å². The lowest BCUT2D eigenvalue weighted by Gasteiger charge is -2.29. The lowest BCUT2D eigenvalue weighted by atomic mass is 10.1. The summed E-state index contributed by atoms with van der Waals surface area (Å²) in [5.74, 6) is 0. The summed E-state index contributed by atoms with van der Waals surface area (Å²) in [4.78, 5) is 4.92. The maximum absolute atomic E-state index is 9.13. The van der Waals surface area contributed by atoms with E-state index in [1.54, 1.807) is 0 Å². The molecule has 2 heterocycles. The van der Waals surface area contributed by atoms with Crippen LogP contribution in [0.15, 0.2) is 0 Å². The van der Waals surface area contributed by atoms with Crippen molar-refractivity contribution in [3.05, 3.63) is 0 Å². The average molecular weight is 242 g/mol. The smallest absolute Gasteiger partial charge is 0.0702 e. The fourth-order valence-corrected chi connectivity index (χ4v) is 2.96. The van der Waals surface area contributed by atoms with Crippen molar-refractivity contribution in [2.45, 2.75) is 37.8 Å². The third-order valence-corrected chi connectivity index (χ3v) is 4.03. The van der Waals surface area contributed by atoms with Gasteiger partial charge in [-0.2, -0.15) is 0 Å². The molecule has 4 nitrogen and oxygen atoms in total. The van der Waals surface area contributed by atoms with Gasteiger partial charge in [0.2, 0.25) is 0 Å². The summed E-state index contributed by atoms with van der Waals surface area (Å²) >= 11 is 0. The summed E-state index contributed by atoms with van der Waals surface area (Å²) in [6, 6.07) is 0.504. The Hall–Kier alpha value is -0.160. The zero-order chi connectivity index (χ0) is 12.1. The highest BCUT2D eigenvalue weighted by molar-refractivity contribution is 4.80. The first kappa shape index (κ1) is 13.3. The first-order valence-electron chi connectivity index (χ1n) is 6.94. The van der Waals surface area contributed by atoms with Gasteiger partial charge in [-0.05, 0) is 45.8 Å². The summed E-state index contributed by atoms with van der Waals surface area (Å²) in [5, 5.41) is 9.13. The molecule has 0 aromatic rings. The summed E-state index contributed by atoms with van der Waals surface area (Å²) in [5.41, 5.74) is 0. The molecule has 0 aliphatic carbocycles. The fourth-order valence-electron chi connectivity index (χ4n) is 2.96. The molecule has 0 spiro atoms. The van der Waals surface area contributed by atoms with Gasteiger partial charge >= 0.3 is 0 Å². The molecule has 0 saturated carbocycles. The van der Waals surface area contributed by atoms with Gasteiger partial charge in [-0.25, -0.2) is 0 Å². The first-order valence-corrected chi connectivity index (χ1v) is 6.94. The summed E-state index contributed by atoms with van der Waals surface area (Å²) in [6.07, 6.45) is 5.01. The lowest BCUT2D eigenvalue weighted by Crippen LogP contribution is -2.41. The molecule has 2 aliphatic heterocycles. The van der Waals surface area contributed by atoms with Crippen LogP contribution >= 0.6 is 0 Å². The third-order valence-electron chi connectivity index (χ3n) is 4.03. The largest absolute Gasteiger partial charge is 0.396 e. The van der Waals surface area contributed by atoms with E-state index in [0.29, 0.717) is 18.8 Å². The highest BCUT2D eigenvalue weighted by Gasteiger charge is 2.25. The zero-order valence-corrected chi connectivity index (χ0v) is 11.0. The molecular formula is C13H26N2O2. The van der Waals surface area contributed by atoms with Crippen molar-refractivity contribution >= 4 is 0 Å². The number of aliphatic hydroxyl groups is 1. The van der Waals surface area contributed by atoms with Gasteiger partial charge in [-0.1, -0.05) is 0 Å². The normalized spacial score (nSPS) is 32.8. The Balaban J connectivity index is 1.83. The van der Waals surface area contributed by atoms with Crippen LogP contribution in [0, 0.1) is 0 Å². The predicted octanol–water partition coefficient (Wildman–Crippen LogP) is 0.554. The Morgan fingerprint density at radius 3 is 2.88 bits per heavy atom. The van der Waals surface area contributed by atoms with E-state index in [1.807, 2.05) is 0 Å². The maximum atomic E-state index is 9.13. The molecule has 0 amide bonds. The minimum absolute atomic E-state index is 0.294. The number of rotatable bonds is 4. The second-order valence-corrected chi connectivity index (χ2v) is 5.39. The van der Waals surface area contributed by atoms with Crippen LogP contribution in [0.1, 0.15) is 25.7 Å². The van der Waals surface area contributed by atoms with Crippen LogP contribution in [0.25, 0.3) is 0 Å². The first-order chi connectivity index (χ1) is 8.29. The summed E-state index contributed by atoms with van der Waals surface area (Å²) in [7, 11) is 2.18.